The van der Waals surface area contributed by atoms with Gasteiger partial charge < -0.3 is 5.21 Å². The molecule has 0 amide bonds. The average molecular weight is 197 g/mol. The van der Waals surface area contributed by atoms with Crippen LogP contribution in [-0.4, -0.2) is 20.1 Å². The lowest BCUT2D eigenvalue weighted by atomic mass is 10.3. The van der Waals surface area contributed by atoms with Gasteiger partial charge in [0.05, 0.1) is 0 Å². The maximum Gasteiger partial charge on any atom is 0.275 e. The Morgan fingerprint density at radius 1 is 1.38 bits per heavy atom. The fourth-order valence-electron chi connectivity index (χ4n) is 1.01. The normalized spacial score (nSPS) is 10.5. The summed E-state index contributed by atoms with van der Waals surface area (Å²) in [6, 6.07) is 4.78. The molecule has 0 aliphatic rings. The number of hydrogen-bond donors (Lipinski definition) is 2. The molecule has 0 aliphatic carbocycles. The molecule has 2 aromatic rings. The summed E-state index contributed by atoms with van der Waals surface area (Å²) in [6.07, 6.45) is 0. The lowest BCUT2D eigenvalue weighted by molar-refractivity contribution is 0.177. The highest BCUT2D eigenvalue weighted by atomic mass is 35.5. The van der Waals surface area contributed by atoms with E-state index in [0.717, 1.165) is 0 Å². The number of halogens is 1. The molecule has 0 bridgehead atoms. The van der Waals surface area contributed by atoms with Crippen molar-refractivity contribution < 1.29 is 5.21 Å². The number of rotatable bonds is 0. The maximum absolute atomic E-state index is 9.35. The molecule has 0 saturated carbocycles. The van der Waals surface area contributed by atoms with Crippen molar-refractivity contribution in [3.05, 3.63) is 28.8 Å². The van der Waals surface area contributed by atoms with Gasteiger partial charge in [0.25, 0.3) is 5.62 Å². The van der Waals surface area contributed by atoms with E-state index in [0.29, 0.717) is 20.8 Å². The van der Waals surface area contributed by atoms with Gasteiger partial charge in [-0.15, -0.1) is 14.9 Å². The number of benzene rings is 1. The predicted octanol–water partition coefficient (Wildman–Crippen LogP) is 0.801. The lowest BCUT2D eigenvalue weighted by Crippen LogP contribution is -2.22. The molecule has 0 saturated heterocycles. The van der Waals surface area contributed by atoms with Crippen LogP contribution in [0.25, 0.3) is 11.0 Å². The third kappa shape index (κ3) is 1.23. The molecule has 1 heterocycles. The average Bonchev–Trinajstić information content (AvgIpc) is 2.12. The van der Waals surface area contributed by atoms with Crippen molar-refractivity contribution >= 4 is 22.6 Å². The smallest absolute Gasteiger partial charge is 0.275 e. The first-order chi connectivity index (χ1) is 6.18. The Balaban J connectivity index is 2.97. The van der Waals surface area contributed by atoms with Gasteiger partial charge in [-0.1, -0.05) is 11.6 Å². The van der Waals surface area contributed by atoms with E-state index in [1.165, 1.54) is 6.07 Å². The topological polar surface area (TPSA) is 74.8 Å². The zero-order valence-corrected chi connectivity index (χ0v) is 7.15. The molecule has 0 atom stereocenters. The van der Waals surface area contributed by atoms with Gasteiger partial charge in [-0.3, -0.25) is 5.41 Å². The van der Waals surface area contributed by atoms with Gasteiger partial charge >= 0.3 is 0 Å². The van der Waals surface area contributed by atoms with Crippen molar-refractivity contribution in [1.82, 2.24) is 14.9 Å². The standard InChI is InChI=1S/C7H5ClN4O/c8-4-1-2-5-6(3-4)12(13)7(9)11-10-5/h1-3,9,13H. The third-order valence-electron chi connectivity index (χ3n) is 1.62. The van der Waals surface area contributed by atoms with Crippen molar-refractivity contribution in [3.8, 4) is 0 Å². The fourth-order valence-corrected chi connectivity index (χ4v) is 1.17. The highest BCUT2D eigenvalue weighted by Crippen LogP contribution is 2.14. The Bertz CT molecular complexity index is 521. The van der Waals surface area contributed by atoms with E-state index in [1.54, 1.807) is 12.1 Å². The summed E-state index contributed by atoms with van der Waals surface area (Å²) < 4.78 is 0.633. The summed E-state index contributed by atoms with van der Waals surface area (Å²) >= 11 is 5.71. The maximum atomic E-state index is 9.35. The molecule has 0 spiro atoms. The molecule has 2 rings (SSSR count). The highest BCUT2D eigenvalue weighted by molar-refractivity contribution is 6.31. The van der Waals surface area contributed by atoms with Crippen LogP contribution in [0.15, 0.2) is 18.2 Å². The van der Waals surface area contributed by atoms with Crippen LogP contribution in [0.3, 0.4) is 0 Å². The molecule has 66 valence electrons. The van der Waals surface area contributed by atoms with Crippen molar-refractivity contribution in [2.75, 3.05) is 0 Å². The molecule has 2 N–H and O–H groups in total. The van der Waals surface area contributed by atoms with Crippen LogP contribution in [0.4, 0.5) is 0 Å². The number of aromatic nitrogens is 3. The largest absolute Gasteiger partial charge is 0.425 e. The van der Waals surface area contributed by atoms with Gasteiger partial charge in [0.1, 0.15) is 11.0 Å². The Hall–Kier alpha value is -1.62. The minimum absolute atomic E-state index is 0.324. The lowest BCUT2D eigenvalue weighted by Gasteiger charge is -2.01. The summed E-state index contributed by atoms with van der Waals surface area (Å²) in [4.78, 5) is 0. The molecule has 1 aromatic carbocycles. The first kappa shape index (κ1) is 8.00. The Kier molecular flexibility index (Phi) is 1.66. The van der Waals surface area contributed by atoms with Gasteiger partial charge in [0.2, 0.25) is 0 Å². The van der Waals surface area contributed by atoms with E-state index in [-0.39, 0.29) is 5.62 Å². The first-order valence-corrected chi connectivity index (χ1v) is 3.85. The van der Waals surface area contributed by atoms with Crippen LogP contribution in [0.1, 0.15) is 0 Å². The van der Waals surface area contributed by atoms with E-state index in [1.807, 2.05) is 0 Å². The Morgan fingerprint density at radius 2 is 2.15 bits per heavy atom. The molecule has 0 unspecified atom stereocenters. The number of nitrogens with zero attached hydrogens (tertiary/aromatic N) is 3. The molecule has 5 nitrogen and oxygen atoms in total. The number of nitrogens with one attached hydrogen (secondary N) is 1. The van der Waals surface area contributed by atoms with Gasteiger partial charge in [-0.05, 0) is 18.2 Å². The van der Waals surface area contributed by atoms with E-state index < -0.39 is 0 Å². The van der Waals surface area contributed by atoms with Crippen LogP contribution >= 0.6 is 11.6 Å². The van der Waals surface area contributed by atoms with Gasteiger partial charge in [0, 0.05) is 5.02 Å². The van der Waals surface area contributed by atoms with Gasteiger partial charge in [-0.2, -0.15) is 0 Å². The van der Waals surface area contributed by atoms with E-state index in [9.17, 15) is 5.21 Å². The molecular weight excluding hydrogens is 192 g/mol. The van der Waals surface area contributed by atoms with Crippen molar-refractivity contribution in [2.24, 2.45) is 0 Å². The first-order valence-electron chi connectivity index (χ1n) is 3.47. The number of hydrogen-bond acceptors (Lipinski definition) is 4. The van der Waals surface area contributed by atoms with Gasteiger partial charge in [-0.25, -0.2) is 0 Å². The number of fused-ring (bicyclic) bond motifs is 1. The molecule has 1 aromatic heterocycles. The van der Waals surface area contributed by atoms with Crippen LogP contribution in [0, 0.1) is 5.41 Å². The molecule has 13 heavy (non-hydrogen) atoms. The fraction of sp³-hybridized carbons (Fsp3) is 0. The predicted molar refractivity (Wildman–Crippen MR) is 45.6 cm³/mol. The highest BCUT2D eigenvalue weighted by Gasteiger charge is 2.01. The Labute approximate surface area is 77.7 Å². The van der Waals surface area contributed by atoms with Crippen molar-refractivity contribution in [1.29, 1.82) is 5.41 Å². The molecule has 0 aliphatic heterocycles. The third-order valence-corrected chi connectivity index (χ3v) is 1.85. The second kappa shape index (κ2) is 2.70. The summed E-state index contributed by atoms with van der Waals surface area (Å²) in [5.41, 5.74) is 0.533. The van der Waals surface area contributed by atoms with Crippen LogP contribution in [0.2, 0.25) is 5.02 Å². The minimum atomic E-state index is -0.324. The summed E-state index contributed by atoms with van der Waals surface area (Å²) in [5, 5.41) is 24.1. The van der Waals surface area contributed by atoms with Crippen LogP contribution < -0.4 is 5.62 Å². The molecule has 6 heteroatoms. The summed E-state index contributed by atoms with van der Waals surface area (Å²) in [5.74, 6) is 0. The van der Waals surface area contributed by atoms with Crippen LogP contribution in [0.5, 0.6) is 0 Å². The second-order valence-electron chi connectivity index (χ2n) is 2.47. The molecular formula is C7H5ClN4O. The Morgan fingerprint density at radius 3 is 2.92 bits per heavy atom. The zero-order chi connectivity index (χ0) is 9.42. The molecule has 0 radical (unpaired) electrons. The van der Waals surface area contributed by atoms with E-state index in [4.69, 9.17) is 17.0 Å². The summed E-state index contributed by atoms with van der Waals surface area (Å²) in [7, 11) is 0. The van der Waals surface area contributed by atoms with Gasteiger partial charge in [0.15, 0.2) is 0 Å². The second-order valence-corrected chi connectivity index (χ2v) is 2.90. The van der Waals surface area contributed by atoms with E-state index >= 15 is 0 Å². The van der Waals surface area contributed by atoms with E-state index in [2.05, 4.69) is 10.2 Å². The van der Waals surface area contributed by atoms with Crippen LogP contribution in [-0.2, 0) is 0 Å². The van der Waals surface area contributed by atoms with Crippen molar-refractivity contribution in [3.63, 3.8) is 0 Å². The molecule has 0 fully saturated rings. The van der Waals surface area contributed by atoms with Crippen molar-refractivity contribution in [2.45, 2.75) is 0 Å². The zero-order valence-electron chi connectivity index (χ0n) is 6.40. The minimum Gasteiger partial charge on any atom is -0.425 e. The summed E-state index contributed by atoms with van der Waals surface area (Å²) in [6.45, 7) is 0. The quantitative estimate of drug-likeness (QED) is 0.612. The SMILES string of the molecule is N=c1nnc2ccc(Cl)cc2n1O. The monoisotopic (exact) mass is 196 g/mol.